The van der Waals surface area contributed by atoms with E-state index < -0.39 is 5.91 Å². The second-order valence-corrected chi connectivity index (χ2v) is 7.68. The number of benzene rings is 3. The van der Waals surface area contributed by atoms with Crippen LogP contribution in [0.3, 0.4) is 0 Å². The van der Waals surface area contributed by atoms with Crippen molar-refractivity contribution in [3.63, 3.8) is 0 Å². The van der Waals surface area contributed by atoms with Crippen molar-refractivity contribution in [3.8, 4) is 23.3 Å². The van der Waals surface area contributed by atoms with Gasteiger partial charge in [0.2, 0.25) is 0 Å². The summed E-state index contributed by atoms with van der Waals surface area (Å²) in [5, 5.41) is 22.5. The van der Waals surface area contributed by atoms with E-state index in [-0.39, 0.29) is 17.9 Å². The third-order valence-electron chi connectivity index (χ3n) is 4.47. The number of amides is 1. The van der Waals surface area contributed by atoms with E-state index in [4.69, 9.17) is 32.7 Å². The number of nitriles is 1. The number of nitrogens with zero attached hydrogens (tertiary/aromatic N) is 1. The number of phenols is 1. The molecule has 1 amide bonds. The zero-order chi connectivity index (χ0) is 23.8. The molecule has 33 heavy (non-hydrogen) atoms. The fourth-order valence-electron chi connectivity index (χ4n) is 2.85. The summed E-state index contributed by atoms with van der Waals surface area (Å²) >= 11 is 12.1. The Balaban J connectivity index is 1.78. The van der Waals surface area contributed by atoms with Crippen LogP contribution in [0.15, 0.2) is 66.2 Å². The molecule has 3 rings (SSSR count). The third kappa shape index (κ3) is 6.66. The lowest BCUT2D eigenvalue weighted by Crippen LogP contribution is -2.13. The van der Waals surface area contributed by atoms with Crippen LogP contribution in [0.25, 0.3) is 6.08 Å². The molecule has 0 aliphatic carbocycles. The van der Waals surface area contributed by atoms with Crippen LogP contribution in [0.2, 0.25) is 10.0 Å². The van der Waals surface area contributed by atoms with E-state index in [1.54, 1.807) is 36.4 Å². The van der Waals surface area contributed by atoms with Gasteiger partial charge in [0.15, 0.2) is 11.5 Å². The number of carbonyl (C=O) groups excluding carboxylic acids is 1. The van der Waals surface area contributed by atoms with Gasteiger partial charge in [-0.2, -0.15) is 5.26 Å². The molecule has 2 N–H and O–H groups in total. The topological polar surface area (TPSA) is 91.6 Å². The van der Waals surface area contributed by atoms with Crippen LogP contribution in [0.4, 0.5) is 5.69 Å². The second-order valence-electron chi connectivity index (χ2n) is 6.83. The Labute approximate surface area is 201 Å². The summed E-state index contributed by atoms with van der Waals surface area (Å²) in [5.74, 6) is 0.464. The second kappa shape index (κ2) is 11.3. The molecule has 0 aliphatic heterocycles. The Morgan fingerprint density at radius 2 is 1.82 bits per heavy atom. The van der Waals surface area contributed by atoms with Gasteiger partial charge in [0.25, 0.3) is 5.91 Å². The smallest absolute Gasteiger partial charge is 0.266 e. The molecule has 0 radical (unpaired) electrons. The highest BCUT2D eigenvalue weighted by molar-refractivity contribution is 6.35. The molecule has 0 saturated carbocycles. The van der Waals surface area contributed by atoms with Gasteiger partial charge in [-0.05, 0) is 67.1 Å². The van der Waals surface area contributed by atoms with Crippen molar-refractivity contribution < 1.29 is 19.4 Å². The molecule has 0 heterocycles. The van der Waals surface area contributed by atoms with Gasteiger partial charge >= 0.3 is 0 Å². The Bertz CT molecular complexity index is 1220. The Morgan fingerprint density at radius 1 is 1.06 bits per heavy atom. The SMILES string of the molecule is CCOc1cc(C=C(C#N)C(=O)Nc2ccc(O)cc2)ccc1OCc1ccc(Cl)cc1Cl. The number of nitrogens with one attached hydrogen (secondary N) is 1. The molecule has 0 fully saturated rings. The van der Waals surface area contributed by atoms with Gasteiger partial charge in [-0.25, -0.2) is 0 Å². The van der Waals surface area contributed by atoms with Gasteiger partial charge in [-0.1, -0.05) is 35.3 Å². The first-order valence-electron chi connectivity index (χ1n) is 9.95. The van der Waals surface area contributed by atoms with Crippen molar-refractivity contribution in [1.29, 1.82) is 5.26 Å². The number of phenolic OH excluding ortho intramolecular Hbond substituents is 1. The standard InChI is InChI=1S/C25H20Cl2N2O4/c1-2-32-24-12-16(3-10-23(24)33-15-17-4-5-19(26)13-22(17)27)11-18(14-28)25(31)29-20-6-8-21(30)9-7-20/h3-13,30H,2,15H2,1H3,(H,29,31). The Hall–Kier alpha value is -3.66. The van der Waals surface area contributed by atoms with Crippen LogP contribution in [-0.2, 0) is 11.4 Å². The summed E-state index contributed by atoms with van der Waals surface area (Å²) in [6, 6.07) is 18.1. The van der Waals surface area contributed by atoms with Crippen LogP contribution in [-0.4, -0.2) is 17.6 Å². The number of halogens is 2. The molecular weight excluding hydrogens is 463 g/mol. The van der Waals surface area contributed by atoms with Crippen LogP contribution < -0.4 is 14.8 Å². The van der Waals surface area contributed by atoms with Crippen LogP contribution >= 0.6 is 23.2 Å². The molecule has 3 aromatic carbocycles. The molecule has 0 bridgehead atoms. The van der Waals surface area contributed by atoms with E-state index in [2.05, 4.69) is 5.32 Å². The first-order valence-corrected chi connectivity index (χ1v) is 10.7. The monoisotopic (exact) mass is 482 g/mol. The molecule has 0 atom stereocenters. The summed E-state index contributed by atoms with van der Waals surface area (Å²) < 4.78 is 11.6. The van der Waals surface area contributed by atoms with Crippen LogP contribution in [0.1, 0.15) is 18.1 Å². The lowest BCUT2D eigenvalue weighted by molar-refractivity contribution is -0.112. The fourth-order valence-corrected chi connectivity index (χ4v) is 3.32. The van der Waals surface area contributed by atoms with Gasteiger partial charge in [-0.3, -0.25) is 4.79 Å². The Morgan fingerprint density at radius 3 is 2.48 bits per heavy atom. The van der Waals surface area contributed by atoms with Gasteiger partial charge in [0.1, 0.15) is 24.0 Å². The molecule has 6 nitrogen and oxygen atoms in total. The average molecular weight is 483 g/mol. The van der Waals surface area contributed by atoms with Crippen LogP contribution in [0.5, 0.6) is 17.2 Å². The van der Waals surface area contributed by atoms with E-state index in [9.17, 15) is 15.2 Å². The van der Waals surface area contributed by atoms with Crippen molar-refractivity contribution in [2.75, 3.05) is 11.9 Å². The minimum Gasteiger partial charge on any atom is -0.508 e. The maximum atomic E-state index is 12.5. The third-order valence-corrected chi connectivity index (χ3v) is 5.05. The molecule has 0 aliphatic rings. The maximum Gasteiger partial charge on any atom is 0.266 e. The normalized spacial score (nSPS) is 10.9. The van der Waals surface area contributed by atoms with Crippen molar-refractivity contribution in [2.24, 2.45) is 0 Å². The largest absolute Gasteiger partial charge is 0.508 e. The summed E-state index contributed by atoms with van der Waals surface area (Å²) in [5.41, 5.74) is 1.73. The van der Waals surface area contributed by atoms with Crippen molar-refractivity contribution in [2.45, 2.75) is 13.5 Å². The van der Waals surface area contributed by atoms with Crippen LogP contribution in [0, 0.1) is 11.3 Å². The number of anilines is 1. The number of rotatable bonds is 8. The molecule has 0 aromatic heterocycles. The average Bonchev–Trinajstić information content (AvgIpc) is 2.79. The molecule has 0 unspecified atom stereocenters. The minimum atomic E-state index is -0.571. The van der Waals surface area contributed by atoms with Gasteiger partial charge in [0.05, 0.1) is 6.61 Å². The number of hydrogen-bond acceptors (Lipinski definition) is 5. The van der Waals surface area contributed by atoms with Crippen molar-refractivity contribution >= 4 is 40.9 Å². The summed E-state index contributed by atoms with van der Waals surface area (Å²) in [6.45, 7) is 2.45. The van der Waals surface area contributed by atoms with Crippen molar-refractivity contribution in [3.05, 3.63) is 87.4 Å². The quantitative estimate of drug-likeness (QED) is 0.225. The highest BCUT2D eigenvalue weighted by atomic mass is 35.5. The predicted molar refractivity (Wildman–Crippen MR) is 129 cm³/mol. The lowest BCUT2D eigenvalue weighted by Gasteiger charge is -2.13. The summed E-state index contributed by atoms with van der Waals surface area (Å²) in [4.78, 5) is 12.5. The van der Waals surface area contributed by atoms with Crippen molar-refractivity contribution in [1.82, 2.24) is 0 Å². The summed E-state index contributed by atoms with van der Waals surface area (Å²) in [6.07, 6.45) is 1.46. The number of ether oxygens (including phenoxy) is 2. The predicted octanol–water partition coefficient (Wildman–Crippen LogP) is 6.22. The van der Waals surface area contributed by atoms with Gasteiger partial charge in [0, 0.05) is 21.3 Å². The van der Waals surface area contributed by atoms with E-state index >= 15 is 0 Å². The molecule has 3 aromatic rings. The zero-order valence-corrected chi connectivity index (χ0v) is 19.2. The maximum absolute atomic E-state index is 12.5. The molecule has 0 spiro atoms. The number of carbonyl (C=O) groups is 1. The van der Waals surface area contributed by atoms with Gasteiger partial charge in [-0.15, -0.1) is 0 Å². The molecule has 0 saturated heterocycles. The molecule has 168 valence electrons. The Kier molecular flexibility index (Phi) is 8.20. The first-order chi connectivity index (χ1) is 15.9. The van der Waals surface area contributed by atoms with Gasteiger partial charge < -0.3 is 19.9 Å². The van der Waals surface area contributed by atoms with E-state index in [0.717, 1.165) is 5.56 Å². The molecule has 8 heteroatoms. The van der Waals surface area contributed by atoms with E-state index in [0.29, 0.717) is 39.4 Å². The fraction of sp³-hybridized carbons (Fsp3) is 0.120. The number of aromatic hydroxyl groups is 1. The highest BCUT2D eigenvalue weighted by Crippen LogP contribution is 2.31. The van der Waals surface area contributed by atoms with E-state index in [1.807, 2.05) is 13.0 Å². The first kappa shape index (κ1) is 24.0. The molecular formula is C25H20Cl2N2O4. The lowest BCUT2D eigenvalue weighted by atomic mass is 10.1. The van der Waals surface area contributed by atoms with E-state index in [1.165, 1.54) is 30.3 Å². The summed E-state index contributed by atoms with van der Waals surface area (Å²) in [7, 11) is 0. The number of hydrogen-bond donors (Lipinski definition) is 2. The highest BCUT2D eigenvalue weighted by Gasteiger charge is 2.12. The minimum absolute atomic E-state index is 0.0770. The zero-order valence-electron chi connectivity index (χ0n) is 17.6.